The molecule has 198 valence electrons. The van der Waals surface area contributed by atoms with Crippen LogP contribution in [0.15, 0.2) is 42.5 Å². The van der Waals surface area contributed by atoms with Crippen LogP contribution in [0.5, 0.6) is 5.75 Å². The number of likely N-dealkylation sites (tertiary alicyclic amines) is 1. The molecule has 0 unspecified atom stereocenters. The standard InChI is InChI=1S/C30H34FN5O2/c1-38-27-12-21(30(37)34-16-22(31)13-23(32)17-34)10-24-28(27)36(15-19-8-9-19)29(33-24)26-11-20-4-2-3-5-25(20)35(26)14-18-6-7-18/h2-5,10-12,18-19,22-23H,6-9,13-17,32H2,1H3/t22-,23-/m1/s1. The topological polar surface area (TPSA) is 78.3 Å². The number of nitrogens with zero attached hydrogens (tertiary/aromatic N) is 4. The minimum atomic E-state index is -1.11. The van der Waals surface area contributed by atoms with Crippen molar-refractivity contribution in [1.29, 1.82) is 0 Å². The number of rotatable bonds is 7. The van der Waals surface area contributed by atoms with Crippen LogP contribution in [0.25, 0.3) is 33.5 Å². The number of benzene rings is 2. The van der Waals surface area contributed by atoms with Gasteiger partial charge in [0.05, 0.1) is 24.9 Å². The predicted molar refractivity (Wildman–Crippen MR) is 146 cm³/mol. The number of aromatic nitrogens is 3. The van der Waals surface area contributed by atoms with Gasteiger partial charge in [0.2, 0.25) is 0 Å². The Morgan fingerprint density at radius 2 is 1.79 bits per heavy atom. The number of hydrogen-bond donors (Lipinski definition) is 1. The van der Waals surface area contributed by atoms with E-state index in [0.717, 1.165) is 35.6 Å². The van der Waals surface area contributed by atoms with Crippen molar-refractivity contribution in [2.24, 2.45) is 17.6 Å². The van der Waals surface area contributed by atoms with Crippen molar-refractivity contribution in [2.75, 3.05) is 20.2 Å². The molecule has 8 heteroatoms. The molecule has 3 fully saturated rings. The molecule has 1 amide bonds. The number of alkyl halides is 1. The number of fused-ring (bicyclic) bond motifs is 2. The summed E-state index contributed by atoms with van der Waals surface area (Å²) in [5, 5.41) is 1.21. The molecule has 7 nitrogen and oxygen atoms in total. The van der Waals surface area contributed by atoms with Crippen LogP contribution in [-0.2, 0) is 13.1 Å². The second-order valence-corrected chi connectivity index (χ2v) is 11.5. The zero-order chi connectivity index (χ0) is 26.0. The number of methoxy groups -OCH3 is 1. The highest BCUT2D eigenvalue weighted by Gasteiger charge is 2.32. The lowest BCUT2D eigenvalue weighted by Crippen LogP contribution is -2.50. The van der Waals surface area contributed by atoms with Gasteiger partial charge in [0.25, 0.3) is 5.91 Å². The monoisotopic (exact) mass is 515 g/mol. The van der Waals surface area contributed by atoms with Crippen molar-refractivity contribution in [1.82, 2.24) is 19.0 Å². The van der Waals surface area contributed by atoms with Crippen molar-refractivity contribution in [3.63, 3.8) is 0 Å². The van der Waals surface area contributed by atoms with E-state index in [1.54, 1.807) is 13.2 Å². The number of hydrogen-bond acceptors (Lipinski definition) is 4. The van der Waals surface area contributed by atoms with E-state index in [1.807, 2.05) is 6.07 Å². The normalized spacial score (nSPS) is 21.9. The van der Waals surface area contributed by atoms with Gasteiger partial charge in [0, 0.05) is 42.1 Å². The lowest BCUT2D eigenvalue weighted by Gasteiger charge is -2.33. The van der Waals surface area contributed by atoms with Crippen LogP contribution in [-0.4, -0.2) is 57.3 Å². The Morgan fingerprint density at radius 1 is 1.05 bits per heavy atom. The lowest BCUT2D eigenvalue weighted by atomic mass is 10.0. The predicted octanol–water partition coefficient (Wildman–Crippen LogP) is 5.00. The first-order chi connectivity index (χ1) is 18.5. The maximum atomic E-state index is 14.2. The fraction of sp³-hybridized carbons (Fsp3) is 0.467. The summed E-state index contributed by atoms with van der Waals surface area (Å²) in [6, 6.07) is 14.0. The quantitative estimate of drug-likeness (QED) is 0.376. The van der Waals surface area contributed by atoms with Gasteiger partial charge in [-0.15, -0.1) is 0 Å². The SMILES string of the molecule is COc1cc(C(=O)N2C[C@H](N)C[C@@H](F)C2)cc2nc(-c3cc4ccccc4n3CC3CC3)n(CC3CC3)c12. The summed E-state index contributed by atoms with van der Waals surface area (Å²) in [6.45, 7) is 2.26. The van der Waals surface area contributed by atoms with Gasteiger partial charge in [0.1, 0.15) is 17.4 Å². The number of halogens is 1. The highest BCUT2D eigenvalue weighted by Crippen LogP contribution is 2.40. The van der Waals surface area contributed by atoms with E-state index in [-0.39, 0.29) is 24.9 Å². The first kappa shape index (κ1) is 23.7. The van der Waals surface area contributed by atoms with Crippen molar-refractivity contribution in [2.45, 2.75) is 57.4 Å². The minimum absolute atomic E-state index is 0.0650. The van der Waals surface area contributed by atoms with Crippen LogP contribution in [0, 0.1) is 11.8 Å². The van der Waals surface area contributed by atoms with E-state index < -0.39 is 6.17 Å². The third-order valence-corrected chi connectivity index (χ3v) is 8.31. The Labute approximate surface area is 221 Å². The summed E-state index contributed by atoms with van der Waals surface area (Å²) in [5.41, 5.74) is 10.4. The first-order valence-corrected chi connectivity index (χ1v) is 13.8. The molecule has 2 saturated carbocycles. The second kappa shape index (κ2) is 9.12. The molecule has 0 spiro atoms. The molecule has 3 heterocycles. The summed E-state index contributed by atoms with van der Waals surface area (Å²) in [7, 11) is 1.63. The van der Waals surface area contributed by atoms with Gasteiger partial charge >= 0.3 is 0 Å². The zero-order valence-corrected chi connectivity index (χ0v) is 21.8. The zero-order valence-electron chi connectivity index (χ0n) is 21.8. The molecule has 4 aromatic rings. The molecule has 2 aromatic carbocycles. The maximum absolute atomic E-state index is 14.2. The smallest absolute Gasteiger partial charge is 0.254 e. The fourth-order valence-electron chi connectivity index (χ4n) is 6.01. The fourth-order valence-corrected chi connectivity index (χ4v) is 6.01. The molecule has 2 N–H and O–H groups in total. The van der Waals surface area contributed by atoms with E-state index >= 15 is 0 Å². The highest BCUT2D eigenvalue weighted by atomic mass is 19.1. The van der Waals surface area contributed by atoms with E-state index in [1.165, 1.54) is 41.5 Å². The van der Waals surface area contributed by atoms with Crippen LogP contribution in [0.2, 0.25) is 0 Å². The molecule has 2 atom stereocenters. The van der Waals surface area contributed by atoms with Crippen molar-refractivity contribution >= 4 is 27.8 Å². The minimum Gasteiger partial charge on any atom is -0.494 e. The van der Waals surface area contributed by atoms with Gasteiger partial charge < -0.3 is 24.5 Å². The third-order valence-electron chi connectivity index (χ3n) is 8.31. The molecule has 7 rings (SSSR count). The third kappa shape index (κ3) is 4.25. The Balaban J connectivity index is 1.38. The molecule has 1 saturated heterocycles. The van der Waals surface area contributed by atoms with Gasteiger partial charge in [0.15, 0.2) is 5.82 Å². The van der Waals surface area contributed by atoms with Crippen LogP contribution < -0.4 is 10.5 Å². The Hall–Kier alpha value is -3.39. The number of ether oxygens (including phenoxy) is 1. The van der Waals surface area contributed by atoms with Crippen LogP contribution in [0.1, 0.15) is 42.5 Å². The van der Waals surface area contributed by atoms with Gasteiger partial charge in [-0.3, -0.25) is 4.79 Å². The Kier molecular flexibility index (Phi) is 5.69. The van der Waals surface area contributed by atoms with Gasteiger partial charge in [-0.2, -0.15) is 0 Å². The number of nitrogens with two attached hydrogens (primary N) is 1. The Morgan fingerprint density at radius 3 is 2.50 bits per heavy atom. The molecule has 0 bridgehead atoms. The van der Waals surface area contributed by atoms with E-state index in [0.29, 0.717) is 29.7 Å². The summed E-state index contributed by atoms with van der Waals surface area (Å²) in [6.07, 6.45) is 4.14. The maximum Gasteiger partial charge on any atom is 0.254 e. The number of carbonyl (C=O) groups excluding carboxylic acids is 1. The van der Waals surface area contributed by atoms with Gasteiger partial charge in [-0.05, 0) is 68.2 Å². The molecular formula is C30H34FN5O2. The number of piperidine rings is 1. The highest BCUT2D eigenvalue weighted by molar-refractivity contribution is 6.00. The molecule has 3 aliphatic rings. The molecule has 0 radical (unpaired) electrons. The van der Waals surface area contributed by atoms with Crippen molar-refractivity contribution in [3.05, 3.63) is 48.0 Å². The summed E-state index contributed by atoms with van der Waals surface area (Å²) < 4.78 is 24.8. The van der Waals surface area contributed by atoms with E-state index in [4.69, 9.17) is 15.5 Å². The van der Waals surface area contributed by atoms with E-state index in [2.05, 4.69) is 39.5 Å². The molecule has 2 aliphatic carbocycles. The first-order valence-electron chi connectivity index (χ1n) is 13.8. The number of carbonyl (C=O) groups is 1. The van der Waals surface area contributed by atoms with Crippen LogP contribution in [0.4, 0.5) is 4.39 Å². The average Bonchev–Trinajstić information content (AvgIpc) is 3.83. The lowest BCUT2D eigenvalue weighted by molar-refractivity contribution is 0.0606. The second-order valence-electron chi connectivity index (χ2n) is 11.5. The van der Waals surface area contributed by atoms with Crippen molar-refractivity contribution < 1.29 is 13.9 Å². The van der Waals surface area contributed by atoms with Crippen LogP contribution >= 0.6 is 0 Å². The summed E-state index contributed by atoms with van der Waals surface area (Å²) >= 11 is 0. The largest absolute Gasteiger partial charge is 0.494 e. The molecule has 1 aliphatic heterocycles. The van der Waals surface area contributed by atoms with Crippen LogP contribution in [0.3, 0.4) is 0 Å². The van der Waals surface area contributed by atoms with Gasteiger partial charge in [-0.25, -0.2) is 9.37 Å². The molecular weight excluding hydrogens is 481 g/mol. The van der Waals surface area contributed by atoms with Crippen molar-refractivity contribution in [3.8, 4) is 17.3 Å². The summed E-state index contributed by atoms with van der Waals surface area (Å²) in [5.74, 6) is 2.63. The molecule has 2 aromatic heterocycles. The average molecular weight is 516 g/mol. The summed E-state index contributed by atoms with van der Waals surface area (Å²) in [4.78, 5) is 20.2. The Bertz CT molecular complexity index is 1520. The number of amides is 1. The number of imidazole rings is 1. The number of para-hydroxylation sites is 1. The molecule has 38 heavy (non-hydrogen) atoms. The van der Waals surface area contributed by atoms with E-state index in [9.17, 15) is 9.18 Å². The van der Waals surface area contributed by atoms with Gasteiger partial charge in [-0.1, -0.05) is 18.2 Å².